The lowest BCUT2D eigenvalue weighted by Crippen LogP contribution is -2.35. The molecule has 1 aliphatic rings. The van der Waals surface area contributed by atoms with Crippen molar-refractivity contribution < 1.29 is 22.7 Å². The number of carbonyl (C=O) groups is 2. The van der Waals surface area contributed by atoms with Crippen molar-refractivity contribution in [1.82, 2.24) is 14.1 Å². The van der Waals surface area contributed by atoms with E-state index in [1.165, 1.54) is 39.4 Å². The highest BCUT2D eigenvalue weighted by Gasteiger charge is 2.27. The summed E-state index contributed by atoms with van der Waals surface area (Å²) in [6.07, 6.45) is 3.91. The van der Waals surface area contributed by atoms with Crippen molar-refractivity contribution in [1.29, 1.82) is 5.26 Å². The Morgan fingerprint density at radius 3 is 2.51 bits per heavy atom. The molecule has 1 aliphatic heterocycles. The molecule has 10 nitrogen and oxygen atoms in total. The standard InChI is InChI=1S/C24H23N5O5S/c25-15-19-16-26-29(20-9-3-1-4-10-20)23(19)27-22(30)17-34-24(31)18-8-7-11-21(14-18)35(32,33)28-12-5-2-6-13-28/h1,3-4,7-11,14,16H,2,5-6,12-13,17H2,(H,27,30). The number of esters is 1. The van der Waals surface area contributed by atoms with Gasteiger partial charge in [-0.2, -0.15) is 14.7 Å². The number of benzene rings is 2. The zero-order valence-corrected chi connectivity index (χ0v) is 19.6. The molecule has 11 heteroatoms. The van der Waals surface area contributed by atoms with Crippen LogP contribution in [0.3, 0.4) is 0 Å². The summed E-state index contributed by atoms with van der Waals surface area (Å²) in [6, 6.07) is 16.4. The van der Waals surface area contributed by atoms with Gasteiger partial charge in [-0.3, -0.25) is 4.79 Å². The fourth-order valence-corrected chi connectivity index (χ4v) is 5.30. The highest BCUT2D eigenvalue weighted by atomic mass is 32.2. The number of ether oxygens (including phenoxy) is 1. The van der Waals surface area contributed by atoms with Crippen LogP contribution in [0.15, 0.2) is 65.7 Å². The number of anilines is 1. The summed E-state index contributed by atoms with van der Waals surface area (Å²) in [6.45, 7) is 0.260. The Kier molecular flexibility index (Phi) is 7.24. The van der Waals surface area contributed by atoms with Crippen LogP contribution in [-0.2, 0) is 19.6 Å². The predicted octanol–water partition coefficient (Wildman–Crippen LogP) is 2.71. The number of nitriles is 1. The largest absolute Gasteiger partial charge is 0.452 e. The molecule has 1 fully saturated rings. The van der Waals surface area contributed by atoms with Crippen LogP contribution in [0, 0.1) is 11.3 Å². The molecule has 4 rings (SSSR count). The quantitative estimate of drug-likeness (QED) is 0.500. The van der Waals surface area contributed by atoms with E-state index in [2.05, 4.69) is 10.4 Å². The summed E-state index contributed by atoms with van der Waals surface area (Å²) in [5.41, 5.74) is 0.792. The zero-order valence-electron chi connectivity index (χ0n) is 18.8. The minimum Gasteiger partial charge on any atom is -0.452 e. The van der Waals surface area contributed by atoms with Gasteiger partial charge in [0.15, 0.2) is 12.4 Å². The number of piperidine rings is 1. The number of aromatic nitrogens is 2. The molecule has 35 heavy (non-hydrogen) atoms. The van der Waals surface area contributed by atoms with Crippen LogP contribution in [0.2, 0.25) is 0 Å². The molecule has 1 saturated heterocycles. The number of nitrogens with one attached hydrogen (secondary N) is 1. The second kappa shape index (κ2) is 10.5. The molecular weight excluding hydrogens is 470 g/mol. The molecule has 0 spiro atoms. The van der Waals surface area contributed by atoms with Gasteiger partial charge in [-0.05, 0) is 43.2 Å². The number of nitrogens with zero attached hydrogens (tertiary/aromatic N) is 4. The van der Waals surface area contributed by atoms with Crippen LogP contribution in [0.4, 0.5) is 5.82 Å². The smallest absolute Gasteiger partial charge is 0.338 e. The Morgan fingerprint density at radius 2 is 1.80 bits per heavy atom. The fraction of sp³-hybridized carbons (Fsp3) is 0.250. The van der Waals surface area contributed by atoms with Crippen molar-refractivity contribution in [2.45, 2.75) is 24.2 Å². The Balaban J connectivity index is 1.43. The molecule has 0 saturated carbocycles. The Bertz CT molecular complexity index is 1370. The summed E-state index contributed by atoms with van der Waals surface area (Å²) in [4.78, 5) is 25.0. The third kappa shape index (κ3) is 5.40. The van der Waals surface area contributed by atoms with Gasteiger partial charge in [0.1, 0.15) is 11.6 Å². The predicted molar refractivity (Wildman–Crippen MR) is 126 cm³/mol. The number of hydrogen-bond acceptors (Lipinski definition) is 7. The van der Waals surface area contributed by atoms with Crippen LogP contribution in [0.25, 0.3) is 5.69 Å². The monoisotopic (exact) mass is 493 g/mol. The minimum atomic E-state index is -3.72. The van der Waals surface area contributed by atoms with Gasteiger partial charge in [0.2, 0.25) is 10.0 Å². The van der Waals surface area contributed by atoms with E-state index < -0.39 is 28.5 Å². The van der Waals surface area contributed by atoms with Gasteiger partial charge >= 0.3 is 5.97 Å². The van der Waals surface area contributed by atoms with Gasteiger partial charge in [-0.1, -0.05) is 30.7 Å². The molecule has 1 aromatic heterocycles. The maximum atomic E-state index is 12.9. The topological polar surface area (TPSA) is 134 Å². The Labute approximate surface area is 202 Å². The van der Waals surface area contributed by atoms with Crippen molar-refractivity contribution in [2.75, 3.05) is 25.0 Å². The number of amides is 1. The van der Waals surface area contributed by atoms with Crippen LogP contribution < -0.4 is 5.32 Å². The molecule has 1 amide bonds. The summed E-state index contributed by atoms with van der Waals surface area (Å²) < 4.78 is 33.7. The van der Waals surface area contributed by atoms with Gasteiger partial charge in [0, 0.05) is 13.1 Å². The second-order valence-corrected chi connectivity index (χ2v) is 9.82. The summed E-state index contributed by atoms with van der Waals surface area (Å²) >= 11 is 0. The van der Waals surface area contributed by atoms with Crippen LogP contribution >= 0.6 is 0 Å². The van der Waals surface area contributed by atoms with E-state index in [1.54, 1.807) is 24.3 Å². The van der Waals surface area contributed by atoms with Crippen molar-refractivity contribution in [3.05, 3.63) is 71.9 Å². The third-order valence-corrected chi connectivity index (χ3v) is 7.40. The summed E-state index contributed by atoms with van der Waals surface area (Å²) in [5, 5.41) is 16.0. The molecular formula is C24H23N5O5S. The molecule has 0 unspecified atom stereocenters. The van der Waals surface area contributed by atoms with Gasteiger partial charge in [0.25, 0.3) is 5.91 Å². The van der Waals surface area contributed by atoms with Crippen molar-refractivity contribution in [2.24, 2.45) is 0 Å². The van der Waals surface area contributed by atoms with E-state index in [0.29, 0.717) is 18.8 Å². The first kappa shape index (κ1) is 24.1. The molecule has 0 atom stereocenters. The maximum Gasteiger partial charge on any atom is 0.338 e. The highest BCUT2D eigenvalue weighted by molar-refractivity contribution is 7.89. The molecule has 2 aromatic carbocycles. The van der Waals surface area contributed by atoms with Gasteiger partial charge in [0.05, 0.1) is 22.3 Å². The fourth-order valence-electron chi connectivity index (χ4n) is 3.74. The lowest BCUT2D eigenvalue weighted by Gasteiger charge is -2.25. The van der Waals surface area contributed by atoms with Crippen LogP contribution in [-0.4, -0.2) is 54.1 Å². The molecule has 0 bridgehead atoms. The van der Waals surface area contributed by atoms with Gasteiger partial charge in [-0.25, -0.2) is 17.9 Å². The lowest BCUT2D eigenvalue weighted by atomic mass is 10.2. The van der Waals surface area contributed by atoms with Gasteiger partial charge < -0.3 is 10.1 Å². The maximum absolute atomic E-state index is 12.9. The second-order valence-electron chi connectivity index (χ2n) is 7.88. The summed E-state index contributed by atoms with van der Waals surface area (Å²) in [5.74, 6) is -1.37. The summed E-state index contributed by atoms with van der Waals surface area (Å²) in [7, 11) is -3.72. The third-order valence-electron chi connectivity index (χ3n) is 5.51. The average Bonchev–Trinajstić information content (AvgIpc) is 3.30. The van der Waals surface area contributed by atoms with E-state index in [0.717, 1.165) is 19.3 Å². The first-order valence-corrected chi connectivity index (χ1v) is 12.4. The number of sulfonamides is 1. The van der Waals surface area contributed by atoms with Crippen molar-refractivity contribution in [3.63, 3.8) is 0 Å². The molecule has 2 heterocycles. The van der Waals surface area contributed by atoms with E-state index in [1.807, 2.05) is 12.1 Å². The number of carbonyl (C=O) groups excluding carboxylic acids is 2. The average molecular weight is 494 g/mol. The van der Waals surface area contributed by atoms with Gasteiger partial charge in [-0.15, -0.1) is 0 Å². The first-order valence-electron chi connectivity index (χ1n) is 11.0. The van der Waals surface area contributed by atoms with E-state index in [9.17, 15) is 23.3 Å². The Hall–Kier alpha value is -4.01. The number of rotatable bonds is 7. The van der Waals surface area contributed by atoms with Crippen molar-refractivity contribution in [3.8, 4) is 11.8 Å². The highest BCUT2D eigenvalue weighted by Crippen LogP contribution is 2.22. The van der Waals surface area contributed by atoms with Crippen LogP contribution in [0.1, 0.15) is 35.2 Å². The zero-order chi connectivity index (χ0) is 24.8. The molecule has 3 aromatic rings. The van der Waals surface area contributed by atoms with E-state index in [4.69, 9.17) is 4.74 Å². The molecule has 0 radical (unpaired) electrons. The molecule has 180 valence electrons. The number of hydrogen-bond donors (Lipinski definition) is 1. The van der Waals surface area contributed by atoms with E-state index >= 15 is 0 Å². The molecule has 1 N–H and O–H groups in total. The first-order chi connectivity index (χ1) is 16.9. The SMILES string of the molecule is N#Cc1cnn(-c2ccccc2)c1NC(=O)COC(=O)c1cccc(S(=O)(=O)N2CCCCC2)c1. The van der Waals surface area contributed by atoms with E-state index in [-0.39, 0.29) is 21.8 Å². The van der Waals surface area contributed by atoms with Crippen molar-refractivity contribution >= 4 is 27.7 Å². The lowest BCUT2D eigenvalue weighted by molar-refractivity contribution is -0.119. The van der Waals surface area contributed by atoms with Crippen LogP contribution in [0.5, 0.6) is 0 Å². The normalized spacial score (nSPS) is 14.1. The molecule has 0 aliphatic carbocycles. The Morgan fingerprint density at radius 1 is 1.06 bits per heavy atom. The minimum absolute atomic E-state index is 0.00345. The number of para-hydroxylation sites is 1.